The topological polar surface area (TPSA) is 68.4 Å². The van der Waals surface area contributed by atoms with Crippen molar-refractivity contribution < 1.29 is 14.2 Å². The molecule has 1 aromatic heterocycles. The number of aromatic nitrogens is 1. The highest BCUT2D eigenvalue weighted by Gasteiger charge is 2.13. The van der Waals surface area contributed by atoms with Crippen LogP contribution in [0.4, 0.5) is 4.39 Å². The van der Waals surface area contributed by atoms with Crippen LogP contribution in [0.2, 0.25) is 0 Å². The van der Waals surface area contributed by atoms with E-state index < -0.39 is 11.9 Å². The SMILES string of the molecule is COc1ccc(F)c(C(N)CCO)n1. The first kappa shape index (κ1) is 10.9. The number of aliphatic hydroxyl groups is 1. The molecule has 0 amide bonds. The molecule has 14 heavy (non-hydrogen) atoms. The maximum Gasteiger partial charge on any atom is 0.213 e. The summed E-state index contributed by atoms with van der Waals surface area (Å²) in [6.45, 7) is -0.0977. The molecule has 0 aliphatic heterocycles. The zero-order valence-electron chi connectivity index (χ0n) is 7.90. The molecule has 0 radical (unpaired) electrons. The Kier molecular flexibility index (Phi) is 3.79. The van der Waals surface area contributed by atoms with E-state index in [-0.39, 0.29) is 18.7 Å². The minimum atomic E-state index is -0.602. The van der Waals surface area contributed by atoms with Gasteiger partial charge in [0.25, 0.3) is 0 Å². The smallest absolute Gasteiger partial charge is 0.213 e. The van der Waals surface area contributed by atoms with Gasteiger partial charge < -0.3 is 15.6 Å². The molecule has 78 valence electrons. The number of hydrogen-bond acceptors (Lipinski definition) is 4. The van der Waals surface area contributed by atoms with Crippen LogP contribution in [0.1, 0.15) is 18.2 Å². The molecular weight excluding hydrogens is 187 g/mol. The Morgan fingerprint density at radius 2 is 2.36 bits per heavy atom. The van der Waals surface area contributed by atoms with E-state index in [1.807, 2.05) is 0 Å². The molecule has 0 saturated heterocycles. The van der Waals surface area contributed by atoms with Crippen molar-refractivity contribution in [2.45, 2.75) is 12.5 Å². The Morgan fingerprint density at radius 3 is 2.93 bits per heavy atom. The van der Waals surface area contributed by atoms with E-state index >= 15 is 0 Å². The van der Waals surface area contributed by atoms with Crippen LogP contribution in [-0.4, -0.2) is 23.8 Å². The Morgan fingerprint density at radius 1 is 1.64 bits per heavy atom. The minimum Gasteiger partial charge on any atom is -0.481 e. The van der Waals surface area contributed by atoms with Gasteiger partial charge in [0.15, 0.2) is 0 Å². The summed E-state index contributed by atoms with van der Waals surface area (Å²) in [5.41, 5.74) is 5.74. The molecule has 5 heteroatoms. The second-order valence-corrected chi connectivity index (χ2v) is 2.84. The molecule has 0 spiro atoms. The highest BCUT2D eigenvalue weighted by atomic mass is 19.1. The largest absolute Gasteiger partial charge is 0.481 e. The minimum absolute atomic E-state index is 0.0977. The van der Waals surface area contributed by atoms with E-state index in [1.165, 1.54) is 19.2 Å². The second kappa shape index (κ2) is 4.88. The van der Waals surface area contributed by atoms with Crippen LogP contribution in [0.3, 0.4) is 0 Å². The van der Waals surface area contributed by atoms with Gasteiger partial charge >= 0.3 is 0 Å². The molecule has 1 unspecified atom stereocenters. The molecule has 0 saturated carbocycles. The number of nitrogens with zero attached hydrogens (tertiary/aromatic N) is 1. The predicted octanol–water partition coefficient (Wildman–Crippen LogP) is 0.612. The van der Waals surface area contributed by atoms with Crippen molar-refractivity contribution in [3.63, 3.8) is 0 Å². The van der Waals surface area contributed by atoms with Crippen molar-refractivity contribution in [1.82, 2.24) is 4.98 Å². The number of ether oxygens (including phenoxy) is 1. The summed E-state index contributed by atoms with van der Waals surface area (Å²) in [6.07, 6.45) is 0.275. The summed E-state index contributed by atoms with van der Waals surface area (Å²) in [5, 5.41) is 8.65. The molecule has 0 fully saturated rings. The molecule has 3 N–H and O–H groups in total. The van der Waals surface area contributed by atoms with Gasteiger partial charge in [-0.3, -0.25) is 0 Å². The second-order valence-electron chi connectivity index (χ2n) is 2.84. The summed E-state index contributed by atoms with van der Waals surface area (Å²) in [4.78, 5) is 3.88. The number of rotatable bonds is 4. The lowest BCUT2D eigenvalue weighted by molar-refractivity contribution is 0.273. The molecule has 1 atom stereocenters. The normalized spacial score (nSPS) is 12.6. The number of hydrogen-bond donors (Lipinski definition) is 2. The predicted molar refractivity (Wildman–Crippen MR) is 49.4 cm³/mol. The van der Waals surface area contributed by atoms with Gasteiger partial charge in [-0.25, -0.2) is 9.37 Å². The molecule has 1 rings (SSSR count). The van der Waals surface area contributed by atoms with Crippen LogP contribution in [0.15, 0.2) is 12.1 Å². The maximum absolute atomic E-state index is 13.2. The number of methoxy groups -OCH3 is 1. The lowest BCUT2D eigenvalue weighted by Crippen LogP contribution is -2.15. The molecule has 1 aromatic rings. The average Bonchev–Trinajstić information content (AvgIpc) is 2.19. The molecule has 1 heterocycles. The van der Waals surface area contributed by atoms with Gasteiger partial charge in [0.05, 0.1) is 18.8 Å². The molecule has 0 aromatic carbocycles. The highest BCUT2D eigenvalue weighted by molar-refractivity contribution is 5.19. The van der Waals surface area contributed by atoms with Crippen molar-refractivity contribution >= 4 is 0 Å². The Bertz CT molecular complexity index is 307. The lowest BCUT2D eigenvalue weighted by atomic mass is 10.1. The van der Waals surface area contributed by atoms with Crippen molar-refractivity contribution in [1.29, 1.82) is 0 Å². The van der Waals surface area contributed by atoms with Crippen LogP contribution in [-0.2, 0) is 0 Å². The van der Waals surface area contributed by atoms with E-state index in [0.717, 1.165) is 0 Å². The summed E-state index contributed by atoms with van der Waals surface area (Å²) in [7, 11) is 1.45. The van der Waals surface area contributed by atoms with E-state index in [4.69, 9.17) is 15.6 Å². The summed E-state index contributed by atoms with van der Waals surface area (Å²) in [5.74, 6) is -0.165. The molecule has 4 nitrogen and oxygen atoms in total. The van der Waals surface area contributed by atoms with E-state index in [1.54, 1.807) is 0 Å². The van der Waals surface area contributed by atoms with Crippen LogP contribution in [0.5, 0.6) is 5.88 Å². The first-order chi connectivity index (χ1) is 6.69. The zero-order valence-corrected chi connectivity index (χ0v) is 7.90. The van der Waals surface area contributed by atoms with Gasteiger partial charge in [-0.15, -0.1) is 0 Å². The van der Waals surface area contributed by atoms with Crippen molar-refractivity contribution in [3.05, 3.63) is 23.6 Å². The summed E-state index contributed by atoms with van der Waals surface area (Å²) >= 11 is 0. The average molecular weight is 200 g/mol. The Labute approximate surface area is 81.5 Å². The van der Waals surface area contributed by atoms with Gasteiger partial charge in [0.1, 0.15) is 5.82 Å². The highest BCUT2D eigenvalue weighted by Crippen LogP contribution is 2.18. The Balaban J connectivity index is 2.93. The first-order valence-electron chi connectivity index (χ1n) is 4.26. The van der Waals surface area contributed by atoms with E-state index in [0.29, 0.717) is 5.88 Å². The molecule has 0 aliphatic carbocycles. The number of nitrogens with two attached hydrogens (primary N) is 1. The Hall–Kier alpha value is -1.20. The quantitative estimate of drug-likeness (QED) is 0.747. The van der Waals surface area contributed by atoms with Crippen LogP contribution < -0.4 is 10.5 Å². The standard InChI is InChI=1S/C9H13FN2O2/c1-14-8-3-2-6(10)9(12-8)7(11)4-5-13/h2-3,7,13H,4-5,11H2,1H3. The van der Waals surface area contributed by atoms with Crippen LogP contribution in [0, 0.1) is 5.82 Å². The molecule has 0 bridgehead atoms. The van der Waals surface area contributed by atoms with Crippen LogP contribution in [0.25, 0.3) is 0 Å². The molecule has 0 aliphatic rings. The third-order valence-corrected chi connectivity index (χ3v) is 1.85. The van der Waals surface area contributed by atoms with Crippen molar-refractivity contribution in [3.8, 4) is 5.88 Å². The van der Waals surface area contributed by atoms with Gasteiger partial charge in [-0.2, -0.15) is 0 Å². The van der Waals surface area contributed by atoms with Gasteiger partial charge in [-0.1, -0.05) is 0 Å². The van der Waals surface area contributed by atoms with E-state index in [9.17, 15) is 4.39 Å². The summed E-state index contributed by atoms with van der Waals surface area (Å²) < 4.78 is 18.0. The molecular formula is C9H13FN2O2. The maximum atomic E-state index is 13.2. The monoisotopic (exact) mass is 200 g/mol. The third kappa shape index (κ3) is 2.40. The van der Waals surface area contributed by atoms with Gasteiger partial charge in [-0.05, 0) is 12.5 Å². The van der Waals surface area contributed by atoms with E-state index in [2.05, 4.69) is 4.98 Å². The fourth-order valence-electron chi connectivity index (χ4n) is 1.09. The number of halogens is 1. The number of aliphatic hydroxyl groups excluding tert-OH is 1. The zero-order chi connectivity index (χ0) is 10.6. The van der Waals surface area contributed by atoms with Crippen molar-refractivity contribution in [2.24, 2.45) is 5.73 Å². The number of pyridine rings is 1. The lowest BCUT2D eigenvalue weighted by Gasteiger charge is -2.11. The van der Waals surface area contributed by atoms with Gasteiger partial charge in [0, 0.05) is 12.7 Å². The fraction of sp³-hybridized carbons (Fsp3) is 0.444. The van der Waals surface area contributed by atoms with Crippen molar-refractivity contribution in [2.75, 3.05) is 13.7 Å². The first-order valence-corrected chi connectivity index (χ1v) is 4.26. The fourth-order valence-corrected chi connectivity index (χ4v) is 1.09. The van der Waals surface area contributed by atoms with Crippen LogP contribution >= 0.6 is 0 Å². The summed E-state index contributed by atoms with van der Waals surface area (Å²) in [6, 6.07) is 2.07. The van der Waals surface area contributed by atoms with Gasteiger partial charge in [0.2, 0.25) is 5.88 Å². The third-order valence-electron chi connectivity index (χ3n) is 1.85.